The second kappa shape index (κ2) is 9.82. The lowest BCUT2D eigenvalue weighted by Crippen LogP contribution is -2.29. The van der Waals surface area contributed by atoms with Crippen LogP contribution in [-0.4, -0.2) is 14.1 Å². The summed E-state index contributed by atoms with van der Waals surface area (Å²) in [4.78, 5) is 4.77. The Morgan fingerprint density at radius 1 is 0.682 bits per heavy atom. The molecule has 5 heteroatoms. The van der Waals surface area contributed by atoms with Gasteiger partial charge in [-0.1, -0.05) is 84.9 Å². The van der Waals surface area contributed by atoms with Crippen molar-refractivity contribution in [2.45, 2.75) is 6.37 Å². The van der Waals surface area contributed by atoms with Crippen LogP contribution in [0.25, 0.3) is 61.0 Å². The second-order valence-corrected chi connectivity index (χ2v) is 10.8. The van der Waals surface area contributed by atoms with Gasteiger partial charge in [-0.2, -0.15) is 0 Å². The number of fused-ring (bicyclic) bond motifs is 5. The Bertz CT molecular complexity index is 2580. The van der Waals surface area contributed by atoms with Gasteiger partial charge in [0.1, 0.15) is 11.4 Å². The van der Waals surface area contributed by atoms with Gasteiger partial charge in [-0.25, -0.2) is 4.98 Å². The molecule has 0 radical (unpaired) electrons. The van der Waals surface area contributed by atoms with Crippen LogP contribution in [0.4, 0.5) is 0 Å². The van der Waals surface area contributed by atoms with E-state index >= 15 is 0 Å². The van der Waals surface area contributed by atoms with Crippen LogP contribution >= 0.6 is 0 Å². The third kappa shape index (κ3) is 3.87. The van der Waals surface area contributed by atoms with Crippen molar-refractivity contribution in [3.8, 4) is 17.2 Å². The molecule has 208 valence electrons. The molecule has 0 N–H and O–H groups in total. The van der Waals surface area contributed by atoms with Gasteiger partial charge < -0.3 is 4.42 Å². The fourth-order valence-electron chi connectivity index (χ4n) is 6.24. The maximum atomic E-state index is 9.46. The Labute approximate surface area is 256 Å². The van der Waals surface area contributed by atoms with Crippen LogP contribution in [0.1, 0.15) is 13.9 Å². The van der Waals surface area contributed by atoms with Gasteiger partial charge in [0.05, 0.1) is 45.1 Å². The molecule has 5 aromatic carbocycles. The van der Waals surface area contributed by atoms with E-state index < -0.39 is 6.37 Å². The highest BCUT2D eigenvalue weighted by Crippen LogP contribution is 2.35. The molecule has 0 unspecified atom stereocenters. The fraction of sp³-hybridized carbons (Fsp3) is 0.0256. The maximum Gasteiger partial charge on any atom is 0.269 e. The lowest BCUT2D eigenvalue weighted by Gasteiger charge is -2.10. The molecule has 4 heterocycles. The average molecular weight is 569 g/mol. The minimum atomic E-state index is -1.79. The van der Waals surface area contributed by atoms with Crippen LogP contribution in [0, 0.1) is 6.33 Å². The number of imidazole rings is 1. The summed E-state index contributed by atoms with van der Waals surface area (Å²) in [5.41, 5.74) is 7.58. The highest BCUT2D eigenvalue weighted by Gasteiger charge is 2.17. The van der Waals surface area contributed by atoms with Crippen LogP contribution in [0.2, 0.25) is 0 Å². The molecule has 0 atom stereocenters. The number of aromatic nitrogens is 4. The quantitative estimate of drug-likeness (QED) is 0.154. The Balaban J connectivity index is 1.20. The summed E-state index contributed by atoms with van der Waals surface area (Å²) in [5, 5.41) is 3.01. The number of hydrogen-bond acceptors (Lipinski definition) is 2. The molecule has 0 saturated carbocycles. The molecule has 5 nitrogen and oxygen atoms in total. The number of pyridine rings is 1. The van der Waals surface area contributed by atoms with E-state index in [2.05, 4.69) is 47.3 Å². The van der Waals surface area contributed by atoms with Gasteiger partial charge in [-0.3, -0.25) is 13.7 Å². The smallest absolute Gasteiger partial charge is 0.269 e. The summed E-state index contributed by atoms with van der Waals surface area (Å²) >= 11 is 0. The number of hydrogen-bond donors (Lipinski definition) is 0. The van der Waals surface area contributed by atoms with Gasteiger partial charge in [0.25, 0.3) is 6.33 Å². The van der Waals surface area contributed by atoms with Crippen molar-refractivity contribution in [3.05, 3.63) is 163 Å². The molecule has 0 aliphatic rings. The van der Waals surface area contributed by atoms with Crippen molar-refractivity contribution < 1.29 is 11.7 Å². The first-order valence-corrected chi connectivity index (χ1v) is 14.6. The van der Waals surface area contributed by atoms with Gasteiger partial charge in [-0.15, -0.1) is 0 Å². The van der Waals surface area contributed by atoms with Crippen molar-refractivity contribution in [2.24, 2.45) is 0 Å². The fourth-order valence-corrected chi connectivity index (χ4v) is 6.24. The molecule has 0 saturated heterocycles. The lowest BCUT2D eigenvalue weighted by molar-refractivity contribution is -0.572. The van der Waals surface area contributed by atoms with Gasteiger partial charge in [-0.05, 0) is 66.0 Å². The summed E-state index contributed by atoms with van der Waals surface area (Å²) in [6.07, 6.45) is 5.14. The topological polar surface area (TPSA) is 39.8 Å². The SMILES string of the molecule is [2H]C([2H])(c1cccc(-n2[c-][n+](-c3ccccc3)c3ccccc32)c1)c1ccc2c3ccccc3n(-c3nccc4occc34)c2c1. The van der Waals surface area contributed by atoms with E-state index in [9.17, 15) is 2.74 Å². The molecule has 9 aromatic rings. The molecule has 0 aliphatic heterocycles. The molecule has 44 heavy (non-hydrogen) atoms. The molecular weight excluding hydrogens is 540 g/mol. The zero-order valence-corrected chi connectivity index (χ0v) is 23.6. The monoisotopic (exact) mass is 568 g/mol. The Morgan fingerprint density at radius 3 is 2.41 bits per heavy atom. The van der Waals surface area contributed by atoms with Crippen molar-refractivity contribution in [1.29, 1.82) is 0 Å². The van der Waals surface area contributed by atoms with Gasteiger partial charge in [0, 0.05) is 19.7 Å². The number of nitrogens with zero attached hydrogens (tertiary/aromatic N) is 4. The first-order valence-electron chi connectivity index (χ1n) is 15.6. The normalized spacial score (nSPS) is 12.7. The zero-order chi connectivity index (χ0) is 30.8. The highest BCUT2D eigenvalue weighted by molar-refractivity contribution is 6.10. The van der Waals surface area contributed by atoms with E-state index in [0.717, 1.165) is 61.0 Å². The molecule has 4 aromatic heterocycles. The van der Waals surface area contributed by atoms with Crippen LogP contribution < -0.4 is 4.57 Å². The van der Waals surface area contributed by atoms with Crippen LogP contribution in [0.15, 0.2) is 150 Å². The summed E-state index contributed by atoms with van der Waals surface area (Å²) in [5.74, 6) is 0.749. The molecule has 0 aliphatic carbocycles. The summed E-state index contributed by atoms with van der Waals surface area (Å²) in [6.45, 7) is 0. The van der Waals surface area contributed by atoms with Gasteiger partial charge in [0.15, 0.2) is 0 Å². The molecule has 0 bridgehead atoms. The Morgan fingerprint density at radius 2 is 1.48 bits per heavy atom. The first kappa shape index (κ1) is 22.6. The molecular formula is C39H26N4O. The highest BCUT2D eigenvalue weighted by atomic mass is 16.3. The minimum Gasteiger partial charge on any atom is -0.464 e. The number of para-hydroxylation sites is 4. The van der Waals surface area contributed by atoms with Crippen molar-refractivity contribution in [3.63, 3.8) is 0 Å². The van der Waals surface area contributed by atoms with E-state index in [1.54, 1.807) is 12.5 Å². The van der Waals surface area contributed by atoms with Crippen LogP contribution in [0.5, 0.6) is 0 Å². The summed E-state index contributed by atoms with van der Waals surface area (Å²) in [6, 6.07) is 43.9. The van der Waals surface area contributed by atoms with Crippen LogP contribution in [-0.2, 0) is 6.37 Å². The minimum absolute atomic E-state index is 0.555. The zero-order valence-electron chi connectivity index (χ0n) is 25.6. The largest absolute Gasteiger partial charge is 0.464 e. The molecule has 0 amide bonds. The average Bonchev–Trinajstić information content (AvgIpc) is 3.83. The van der Waals surface area contributed by atoms with Crippen molar-refractivity contribution in [2.75, 3.05) is 0 Å². The van der Waals surface area contributed by atoms with E-state index in [1.807, 2.05) is 106 Å². The van der Waals surface area contributed by atoms with Crippen molar-refractivity contribution in [1.82, 2.24) is 14.1 Å². The second-order valence-electron chi connectivity index (χ2n) is 10.8. The summed E-state index contributed by atoms with van der Waals surface area (Å²) < 4.78 is 30.8. The number of rotatable bonds is 5. The standard InChI is InChI=1S/C39H26N4O/c1-2-10-29(11-3-1)41-26-42(36-16-7-6-15-35(36)41)30-12-8-9-27(24-30)23-28-17-18-32-31-13-4-5-14-34(31)43(37(32)25-28)39-33-20-22-44-38(33)19-21-40-39/h1-22,24-25H,23H2/i23D2. The third-order valence-electron chi connectivity index (χ3n) is 8.22. The molecule has 9 rings (SSSR count). The summed E-state index contributed by atoms with van der Waals surface area (Å²) in [7, 11) is 0. The van der Waals surface area contributed by atoms with Gasteiger partial charge >= 0.3 is 0 Å². The maximum absolute atomic E-state index is 9.46. The van der Waals surface area contributed by atoms with E-state index in [4.69, 9.17) is 9.40 Å². The van der Waals surface area contributed by atoms with Gasteiger partial charge in [0.2, 0.25) is 0 Å². The Kier molecular flexibility index (Phi) is 5.05. The Hall–Kier alpha value is -5.94. The number of furan rings is 1. The van der Waals surface area contributed by atoms with E-state index in [-0.39, 0.29) is 0 Å². The third-order valence-corrected chi connectivity index (χ3v) is 8.22. The predicted molar refractivity (Wildman–Crippen MR) is 175 cm³/mol. The molecule has 0 spiro atoms. The first-order chi connectivity index (χ1) is 22.6. The lowest BCUT2D eigenvalue weighted by atomic mass is 10.0. The van der Waals surface area contributed by atoms with Crippen molar-refractivity contribution >= 4 is 43.8 Å². The number of benzene rings is 5. The van der Waals surface area contributed by atoms with Crippen LogP contribution in [0.3, 0.4) is 0 Å². The molecule has 0 fully saturated rings. The predicted octanol–water partition coefficient (Wildman–Crippen LogP) is 8.54. The van der Waals surface area contributed by atoms with E-state index in [1.165, 1.54) is 0 Å². The van der Waals surface area contributed by atoms with E-state index in [0.29, 0.717) is 11.1 Å².